The molecule has 39 heavy (non-hydrogen) atoms. The van der Waals surface area contributed by atoms with Crippen molar-refractivity contribution in [3.8, 4) is 0 Å². The number of anilines is 5. The fourth-order valence-corrected chi connectivity index (χ4v) is 6.88. The third-order valence-electron chi connectivity index (χ3n) is 6.95. The predicted octanol–water partition coefficient (Wildman–Crippen LogP) is 6.44. The van der Waals surface area contributed by atoms with Crippen molar-refractivity contribution in [3.05, 3.63) is 76.8 Å². The lowest BCUT2D eigenvalue weighted by atomic mass is 9.94. The van der Waals surface area contributed by atoms with Crippen LogP contribution in [0.1, 0.15) is 39.7 Å². The highest BCUT2D eigenvalue weighted by molar-refractivity contribution is 7.22. The van der Waals surface area contributed by atoms with Crippen molar-refractivity contribution in [2.24, 2.45) is 0 Å². The van der Waals surface area contributed by atoms with Crippen molar-refractivity contribution < 1.29 is 9.90 Å². The first kappa shape index (κ1) is 25.2. The van der Waals surface area contributed by atoms with E-state index < -0.39 is 5.97 Å². The number of para-hydroxylation sites is 2. The van der Waals surface area contributed by atoms with Gasteiger partial charge in [-0.2, -0.15) is 0 Å². The van der Waals surface area contributed by atoms with E-state index in [0.29, 0.717) is 16.8 Å². The summed E-state index contributed by atoms with van der Waals surface area (Å²) in [6.07, 6.45) is 1.76. The van der Waals surface area contributed by atoms with Crippen LogP contribution in [0.4, 0.5) is 27.6 Å². The zero-order chi connectivity index (χ0) is 26.9. The Kier molecular flexibility index (Phi) is 6.84. The van der Waals surface area contributed by atoms with E-state index in [9.17, 15) is 9.90 Å². The van der Waals surface area contributed by atoms with Crippen molar-refractivity contribution in [2.75, 3.05) is 35.3 Å². The van der Waals surface area contributed by atoms with Gasteiger partial charge in [0.15, 0.2) is 27.6 Å². The van der Waals surface area contributed by atoms with Crippen LogP contribution in [0.25, 0.3) is 10.2 Å². The number of fused-ring (bicyclic) bond motifs is 1. The smallest absolute Gasteiger partial charge is 0.355 e. The summed E-state index contributed by atoms with van der Waals surface area (Å²) in [5.41, 5.74) is 3.18. The average molecular weight is 558 g/mol. The number of carboxylic acid groups (broad SMARTS) is 1. The Labute approximate surface area is 233 Å². The van der Waals surface area contributed by atoms with Gasteiger partial charge in [-0.25, -0.2) is 14.8 Å². The molecule has 0 atom stereocenters. The summed E-state index contributed by atoms with van der Waals surface area (Å²) in [6, 6.07) is 20.2. The van der Waals surface area contributed by atoms with Gasteiger partial charge in [-0.3, -0.25) is 0 Å². The van der Waals surface area contributed by atoms with E-state index in [4.69, 9.17) is 0 Å². The highest BCUT2D eigenvalue weighted by Gasteiger charge is 2.29. The normalized spacial score (nSPS) is 14.1. The molecule has 1 saturated heterocycles. The number of hydrogen-bond acceptors (Lipinski definition) is 10. The molecule has 0 radical (unpaired) electrons. The lowest BCUT2D eigenvalue weighted by Crippen LogP contribution is -2.32. The molecule has 11 heteroatoms. The van der Waals surface area contributed by atoms with Crippen LogP contribution in [0, 0.1) is 6.92 Å². The van der Waals surface area contributed by atoms with E-state index in [1.165, 1.54) is 17.0 Å². The third kappa shape index (κ3) is 5.15. The van der Waals surface area contributed by atoms with Gasteiger partial charge in [-0.15, -0.1) is 21.5 Å². The maximum Gasteiger partial charge on any atom is 0.355 e. The van der Waals surface area contributed by atoms with E-state index in [-0.39, 0.29) is 11.6 Å². The number of nitrogens with one attached hydrogen (secondary N) is 1. The topological polar surface area (TPSA) is 107 Å². The quantitative estimate of drug-likeness (QED) is 0.234. The second-order valence-electron chi connectivity index (χ2n) is 9.52. The second kappa shape index (κ2) is 10.6. The number of aromatic carboxylic acids is 1. The van der Waals surface area contributed by atoms with Gasteiger partial charge in [0.05, 0.1) is 10.2 Å². The molecule has 198 valence electrons. The number of hydrogen-bond donors (Lipinski definition) is 2. The van der Waals surface area contributed by atoms with E-state index in [2.05, 4.69) is 42.5 Å². The summed E-state index contributed by atoms with van der Waals surface area (Å²) in [5, 5.41) is 23.4. The SMILES string of the molecule is Cc1cc(N(C)c2nc(C(=O)O)c(C3CCN(c4ccccc4)CC3)s2)nnc1Nc1nc2ccccc2s1. The first-order valence-corrected chi connectivity index (χ1v) is 14.3. The van der Waals surface area contributed by atoms with Crippen molar-refractivity contribution in [1.82, 2.24) is 20.2 Å². The van der Waals surface area contributed by atoms with Gasteiger partial charge in [0.2, 0.25) is 0 Å². The molecule has 0 unspecified atom stereocenters. The van der Waals surface area contributed by atoms with Crippen LogP contribution >= 0.6 is 22.7 Å². The van der Waals surface area contributed by atoms with Gasteiger partial charge in [0.25, 0.3) is 0 Å². The average Bonchev–Trinajstić information content (AvgIpc) is 3.59. The Bertz CT molecular complexity index is 1590. The van der Waals surface area contributed by atoms with Crippen LogP contribution in [0.15, 0.2) is 60.7 Å². The molecule has 9 nitrogen and oxygen atoms in total. The molecule has 5 aromatic rings. The summed E-state index contributed by atoms with van der Waals surface area (Å²) in [6.45, 7) is 3.72. The van der Waals surface area contributed by atoms with E-state index >= 15 is 0 Å². The molecule has 0 aliphatic carbocycles. The van der Waals surface area contributed by atoms with E-state index in [0.717, 1.165) is 51.7 Å². The van der Waals surface area contributed by atoms with Gasteiger partial charge in [-0.05, 0) is 61.6 Å². The van der Waals surface area contributed by atoms with E-state index in [1.54, 1.807) is 16.2 Å². The summed E-state index contributed by atoms with van der Waals surface area (Å²) >= 11 is 2.99. The molecule has 1 aliphatic heterocycles. The number of carboxylic acids is 1. The lowest BCUT2D eigenvalue weighted by molar-refractivity contribution is 0.0689. The van der Waals surface area contributed by atoms with Gasteiger partial charge < -0.3 is 20.2 Å². The van der Waals surface area contributed by atoms with Crippen molar-refractivity contribution in [2.45, 2.75) is 25.7 Å². The highest BCUT2D eigenvalue weighted by atomic mass is 32.1. The molecular formula is C28H27N7O2S2. The molecule has 1 fully saturated rings. The summed E-state index contributed by atoms with van der Waals surface area (Å²) in [7, 11) is 1.84. The zero-order valence-electron chi connectivity index (χ0n) is 21.5. The minimum Gasteiger partial charge on any atom is -0.476 e. The van der Waals surface area contributed by atoms with Gasteiger partial charge in [0.1, 0.15) is 0 Å². The fourth-order valence-electron chi connectivity index (χ4n) is 4.82. The van der Waals surface area contributed by atoms with Crippen molar-refractivity contribution >= 4 is 66.4 Å². The molecular weight excluding hydrogens is 530 g/mol. The van der Waals surface area contributed by atoms with Crippen LogP contribution in [0.5, 0.6) is 0 Å². The van der Waals surface area contributed by atoms with Crippen LogP contribution < -0.4 is 15.1 Å². The Morgan fingerprint density at radius 3 is 2.49 bits per heavy atom. The summed E-state index contributed by atoms with van der Waals surface area (Å²) in [5.74, 6) is 0.383. The first-order valence-electron chi connectivity index (χ1n) is 12.7. The first-order chi connectivity index (χ1) is 19.0. The predicted molar refractivity (Wildman–Crippen MR) is 157 cm³/mol. The van der Waals surface area contributed by atoms with E-state index in [1.807, 2.05) is 62.5 Å². The molecule has 4 heterocycles. The molecule has 0 bridgehead atoms. The molecule has 1 aliphatic rings. The molecule has 6 rings (SSSR count). The van der Waals surface area contributed by atoms with Crippen LogP contribution in [-0.4, -0.2) is 51.4 Å². The number of carbonyl (C=O) groups is 1. The zero-order valence-corrected chi connectivity index (χ0v) is 23.2. The monoisotopic (exact) mass is 557 g/mol. The number of nitrogens with zero attached hydrogens (tertiary/aromatic N) is 6. The van der Waals surface area contributed by atoms with Crippen LogP contribution in [0.3, 0.4) is 0 Å². The number of thiazole rings is 2. The number of benzene rings is 2. The maximum absolute atomic E-state index is 12.1. The summed E-state index contributed by atoms with van der Waals surface area (Å²) < 4.78 is 1.10. The minimum atomic E-state index is -0.996. The number of aryl methyl sites for hydroxylation is 1. The standard InChI is InChI=1S/C28H27N7O2S2/c1-17-16-22(32-33-25(17)31-27-29-20-10-6-7-11-21(20)38-27)34(2)28-30-23(26(36)37)24(39-28)18-12-14-35(15-13-18)19-8-4-3-5-9-19/h3-11,16,18H,12-15H2,1-2H3,(H,36,37)(H,29,31,33). The van der Waals surface area contributed by atoms with Gasteiger partial charge in [0, 0.05) is 30.7 Å². The minimum absolute atomic E-state index is 0.138. The molecule has 2 aromatic carbocycles. The van der Waals surface area contributed by atoms with Crippen LogP contribution in [0.2, 0.25) is 0 Å². The Morgan fingerprint density at radius 1 is 1.03 bits per heavy atom. The Morgan fingerprint density at radius 2 is 1.77 bits per heavy atom. The summed E-state index contributed by atoms with van der Waals surface area (Å²) in [4.78, 5) is 26.3. The fraction of sp³-hybridized carbons (Fsp3) is 0.250. The van der Waals surface area contributed by atoms with Gasteiger partial charge >= 0.3 is 5.97 Å². The Balaban J connectivity index is 1.19. The number of aromatic nitrogens is 4. The number of piperidine rings is 1. The maximum atomic E-state index is 12.1. The Hall–Kier alpha value is -4.09. The third-order valence-corrected chi connectivity index (χ3v) is 9.20. The van der Waals surface area contributed by atoms with Crippen molar-refractivity contribution in [3.63, 3.8) is 0 Å². The number of rotatable bonds is 7. The van der Waals surface area contributed by atoms with Crippen molar-refractivity contribution in [1.29, 1.82) is 0 Å². The molecule has 0 spiro atoms. The highest BCUT2D eigenvalue weighted by Crippen LogP contribution is 2.40. The van der Waals surface area contributed by atoms with Gasteiger partial charge in [-0.1, -0.05) is 41.7 Å². The second-order valence-corrected chi connectivity index (χ2v) is 11.6. The molecule has 3 aromatic heterocycles. The lowest BCUT2D eigenvalue weighted by Gasteiger charge is -2.33. The molecule has 0 saturated carbocycles. The van der Waals surface area contributed by atoms with Crippen LogP contribution in [-0.2, 0) is 0 Å². The molecule has 0 amide bonds. The largest absolute Gasteiger partial charge is 0.476 e. The molecule has 2 N–H and O–H groups in total.